The van der Waals surface area contributed by atoms with Gasteiger partial charge in [-0.25, -0.2) is 0 Å². The van der Waals surface area contributed by atoms with Crippen molar-refractivity contribution in [2.75, 3.05) is 20.1 Å². The lowest BCUT2D eigenvalue weighted by atomic mass is 9.96. The van der Waals surface area contributed by atoms with Crippen molar-refractivity contribution >= 4 is 11.1 Å². The lowest BCUT2D eigenvalue weighted by molar-refractivity contribution is 0.437. The molecule has 0 saturated heterocycles. The van der Waals surface area contributed by atoms with Crippen LogP contribution in [0, 0.1) is 11.3 Å². The van der Waals surface area contributed by atoms with E-state index in [1.54, 1.807) is 0 Å². The third-order valence-electron chi connectivity index (χ3n) is 4.09. The van der Waals surface area contributed by atoms with Crippen LogP contribution in [0.15, 0.2) is 42.5 Å². The van der Waals surface area contributed by atoms with E-state index in [2.05, 4.69) is 24.1 Å². The summed E-state index contributed by atoms with van der Waals surface area (Å²) >= 11 is 0. The van der Waals surface area contributed by atoms with Crippen molar-refractivity contribution in [1.29, 1.82) is 5.26 Å². The van der Waals surface area contributed by atoms with Crippen molar-refractivity contribution < 1.29 is 4.74 Å². The Hall–Kier alpha value is -2.57. The Kier molecular flexibility index (Phi) is 2.60. The van der Waals surface area contributed by atoms with Crippen LogP contribution in [-0.4, -0.2) is 25.0 Å². The molecule has 0 atom stereocenters. The van der Waals surface area contributed by atoms with Gasteiger partial charge in [0, 0.05) is 24.2 Å². The highest BCUT2D eigenvalue weighted by Crippen LogP contribution is 2.45. The second-order valence-corrected chi connectivity index (χ2v) is 5.55. The first-order chi connectivity index (χ1) is 10.3. The Balaban J connectivity index is 2.01. The number of para-hydroxylation sites is 1. The number of rotatable bonds is 0. The molecule has 0 amide bonds. The fourth-order valence-electron chi connectivity index (χ4n) is 3.13. The molecular formula is C18H14N2O. The van der Waals surface area contributed by atoms with E-state index in [0.29, 0.717) is 5.56 Å². The predicted molar refractivity (Wildman–Crippen MR) is 82.0 cm³/mol. The summed E-state index contributed by atoms with van der Waals surface area (Å²) < 4.78 is 6.10. The van der Waals surface area contributed by atoms with Gasteiger partial charge in [0.05, 0.1) is 11.6 Å². The minimum absolute atomic E-state index is 0.671. The second kappa shape index (κ2) is 4.47. The molecule has 21 heavy (non-hydrogen) atoms. The molecule has 4 rings (SSSR count). The molecule has 0 aliphatic carbocycles. The van der Waals surface area contributed by atoms with Gasteiger partial charge in [-0.2, -0.15) is 5.26 Å². The van der Waals surface area contributed by atoms with Gasteiger partial charge >= 0.3 is 0 Å². The monoisotopic (exact) mass is 274 g/mol. The molecule has 2 aliphatic rings. The normalized spacial score (nSPS) is 16.4. The molecule has 2 aromatic carbocycles. The number of benzene rings is 2. The van der Waals surface area contributed by atoms with Gasteiger partial charge in [0.2, 0.25) is 0 Å². The zero-order valence-electron chi connectivity index (χ0n) is 11.8. The Morgan fingerprint density at radius 2 is 1.71 bits per heavy atom. The van der Waals surface area contributed by atoms with Crippen molar-refractivity contribution in [3.05, 3.63) is 59.2 Å². The summed E-state index contributed by atoms with van der Waals surface area (Å²) in [7, 11) is 2.12. The molecule has 0 radical (unpaired) electrons. The van der Waals surface area contributed by atoms with Crippen LogP contribution in [-0.2, 0) is 0 Å². The van der Waals surface area contributed by atoms with Crippen molar-refractivity contribution in [1.82, 2.24) is 4.90 Å². The third-order valence-corrected chi connectivity index (χ3v) is 4.09. The lowest BCUT2D eigenvalue weighted by Crippen LogP contribution is -2.15. The molecule has 2 heterocycles. The van der Waals surface area contributed by atoms with Gasteiger partial charge < -0.3 is 4.74 Å². The standard InChI is InChI=1S/C18H14N2O/c1-20-10-15-13-4-2-3-5-17(13)21-18-7-6-12(9-19)8-14(18)16(15)11-20/h2-8H,10-11H2,1H3. The summed E-state index contributed by atoms with van der Waals surface area (Å²) in [5, 5.41) is 9.16. The van der Waals surface area contributed by atoms with E-state index in [1.165, 1.54) is 11.1 Å². The van der Waals surface area contributed by atoms with Crippen LogP contribution in [0.3, 0.4) is 0 Å². The number of hydrogen-bond acceptors (Lipinski definition) is 3. The minimum atomic E-state index is 0.671. The first kappa shape index (κ1) is 12.2. The Morgan fingerprint density at radius 1 is 1.00 bits per heavy atom. The minimum Gasteiger partial charge on any atom is -0.456 e. The maximum Gasteiger partial charge on any atom is 0.135 e. The number of fused-ring (bicyclic) bond motifs is 4. The maximum atomic E-state index is 9.16. The molecule has 0 aromatic heterocycles. The first-order valence-corrected chi connectivity index (χ1v) is 6.98. The smallest absolute Gasteiger partial charge is 0.135 e. The average molecular weight is 274 g/mol. The molecule has 0 unspecified atom stereocenters. The van der Waals surface area contributed by atoms with Gasteiger partial charge in [-0.3, -0.25) is 4.90 Å². The van der Waals surface area contributed by atoms with Crippen LogP contribution < -0.4 is 4.74 Å². The highest BCUT2D eigenvalue weighted by Gasteiger charge is 2.28. The van der Waals surface area contributed by atoms with Crippen LogP contribution in [0.1, 0.15) is 16.7 Å². The summed E-state index contributed by atoms with van der Waals surface area (Å²) in [5.74, 6) is 1.73. The zero-order chi connectivity index (χ0) is 14.4. The predicted octanol–water partition coefficient (Wildman–Crippen LogP) is 3.52. The quantitative estimate of drug-likeness (QED) is 0.737. The van der Waals surface area contributed by atoms with Crippen molar-refractivity contribution in [2.45, 2.75) is 0 Å². The molecule has 2 aliphatic heterocycles. The van der Waals surface area contributed by atoms with Crippen LogP contribution in [0.25, 0.3) is 11.1 Å². The SMILES string of the molecule is CN1CC2=C(C1)c1cc(C#N)ccc1Oc1ccccc12. The first-order valence-electron chi connectivity index (χ1n) is 6.98. The van der Waals surface area contributed by atoms with Gasteiger partial charge in [-0.1, -0.05) is 18.2 Å². The lowest BCUT2D eigenvalue weighted by Gasteiger charge is -2.14. The highest BCUT2D eigenvalue weighted by atomic mass is 16.5. The molecular weight excluding hydrogens is 260 g/mol. The molecule has 0 saturated carbocycles. The van der Waals surface area contributed by atoms with E-state index < -0.39 is 0 Å². The van der Waals surface area contributed by atoms with Gasteiger partial charge in [-0.05, 0) is 42.5 Å². The van der Waals surface area contributed by atoms with Gasteiger partial charge in [0.15, 0.2) is 0 Å². The molecule has 0 fully saturated rings. The Labute approximate surface area is 123 Å². The van der Waals surface area contributed by atoms with Crippen LogP contribution in [0.4, 0.5) is 0 Å². The van der Waals surface area contributed by atoms with E-state index in [-0.39, 0.29) is 0 Å². The molecule has 0 N–H and O–H groups in total. The number of likely N-dealkylation sites (N-methyl/N-ethyl adjacent to an activating group) is 1. The van der Waals surface area contributed by atoms with Gasteiger partial charge in [-0.15, -0.1) is 0 Å². The summed E-state index contributed by atoms with van der Waals surface area (Å²) in [6.45, 7) is 1.79. The average Bonchev–Trinajstić information content (AvgIpc) is 2.84. The van der Waals surface area contributed by atoms with Gasteiger partial charge in [0.1, 0.15) is 11.5 Å². The van der Waals surface area contributed by atoms with Crippen molar-refractivity contribution in [2.24, 2.45) is 0 Å². The summed E-state index contributed by atoms with van der Waals surface area (Å²) in [4.78, 5) is 2.29. The highest BCUT2D eigenvalue weighted by molar-refractivity contribution is 5.98. The third kappa shape index (κ3) is 1.84. The van der Waals surface area contributed by atoms with E-state index in [9.17, 15) is 0 Å². The summed E-state index contributed by atoms with van der Waals surface area (Å²) in [6, 6.07) is 16.0. The van der Waals surface area contributed by atoms with E-state index in [4.69, 9.17) is 10.00 Å². The topological polar surface area (TPSA) is 36.3 Å². The van der Waals surface area contributed by atoms with Crippen molar-refractivity contribution in [3.63, 3.8) is 0 Å². The maximum absolute atomic E-state index is 9.16. The Morgan fingerprint density at radius 3 is 2.52 bits per heavy atom. The van der Waals surface area contributed by atoms with Crippen LogP contribution in [0.5, 0.6) is 11.5 Å². The van der Waals surface area contributed by atoms with Crippen molar-refractivity contribution in [3.8, 4) is 17.6 Å². The molecule has 3 heteroatoms. The summed E-state index contributed by atoms with van der Waals surface area (Å²) in [6.07, 6.45) is 0. The summed E-state index contributed by atoms with van der Waals surface area (Å²) in [5.41, 5.74) is 5.46. The fourth-order valence-corrected chi connectivity index (χ4v) is 3.13. The largest absolute Gasteiger partial charge is 0.456 e. The number of hydrogen-bond donors (Lipinski definition) is 0. The molecule has 0 bridgehead atoms. The molecule has 102 valence electrons. The van der Waals surface area contributed by atoms with E-state index in [1.807, 2.05) is 36.4 Å². The molecule has 3 nitrogen and oxygen atoms in total. The number of nitrogens with zero attached hydrogens (tertiary/aromatic N) is 2. The van der Waals surface area contributed by atoms with E-state index in [0.717, 1.165) is 35.7 Å². The number of nitriles is 1. The zero-order valence-corrected chi connectivity index (χ0v) is 11.8. The van der Waals surface area contributed by atoms with Crippen LogP contribution >= 0.6 is 0 Å². The van der Waals surface area contributed by atoms with Crippen LogP contribution in [0.2, 0.25) is 0 Å². The fraction of sp³-hybridized carbons (Fsp3) is 0.167. The van der Waals surface area contributed by atoms with E-state index >= 15 is 0 Å². The molecule has 2 aromatic rings. The second-order valence-electron chi connectivity index (χ2n) is 5.55. The Bertz CT molecular complexity index is 814. The number of ether oxygens (including phenoxy) is 1. The van der Waals surface area contributed by atoms with Gasteiger partial charge in [0.25, 0.3) is 0 Å². The molecule has 0 spiro atoms.